The smallest absolute Gasteiger partial charge is 0.370 e. The van der Waals surface area contributed by atoms with Gasteiger partial charge in [-0.05, 0) is 18.9 Å². The summed E-state index contributed by atoms with van der Waals surface area (Å²) in [6.45, 7) is 2.25. The first-order chi connectivity index (χ1) is 10.1. The van der Waals surface area contributed by atoms with Crippen molar-refractivity contribution >= 4 is 10.4 Å². The molecule has 126 valence electrons. The molecule has 0 aliphatic heterocycles. The van der Waals surface area contributed by atoms with E-state index in [-0.39, 0.29) is 0 Å². The topological polar surface area (TPSA) is 63.6 Å². The first-order valence-electron chi connectivity index (χ1n) is 8.37. The molecule has 21 heavy (non-hydrogen) atoms. The molecule has 0 saturated heterocycles. The number of hydrogen-bond acceptors (Lipinski definition) is 3. The van der Waals surface area contributed by atoms with Crippen LogP contribution in [0.1, 0.15) is 90.4 Å². The number of hydrogen-bond donors (Lipinski definition) is 1. The maximum atomic E-state index is 10.2. The third-order valence-corrected chi connectivity index (χ3v) is 3.85. The van der Waals surface area contributed by atoms with Crippen LogP contribution in [0.2, 0.25) is 0 Å². The summed E-state index contributed by atoms with van der Waals surface area (Å²) in [7, 11) is -4.33. The van der Waals surface area contributed by atoms with Gasteiger partial charge in [0.05, 0.1) is 0 Å². The molecular weight excluding hydrogens is 288 g/mol. The van der Waals surface area contributed by atoms with E-state index in [4.69, 9.17) is 4.55 Å². The van der Waals surface area contributed by atoms with Crippen LogP contribution in [0.3, 0.4) is 0 Å². The fraction of sp³-hybridized carbons (Fsp3) is 0.875. The van der Waals surface area contributed by atoms with Gasteiger partial charge in [-0.1, -0.05) is 77.6 Å². The highest BCUT2D eigenvalue weighted by Crippen LogP contribution is 2.12. The summed E-state index contributed by atoms with van der Waals surface area (Å²) in [5.74, 6) is 0. The number of allylic oxidation sites excluding steroid dienone is 1. The molecule has 5 heteroatoms. The Kier molecular flexibility index (Phi) is 14.0. The molecule has 1 N–H and O–H groups in total. The van der Waals surface area contributed by atoms with E-state index in [0.717, 1.165) is 25.5 Å². The van der Waals surface area contributed by atoms with E-state index in [1.165, 1.54) is 64.2 Å². The molecule has 0 amide bonds. The third kappa shape index (κ3) is 19.4. The van der Waals surface area contributed by atoms with Crippen molar-refractivity contribution in [3.8, 4) is 0 Å². The van der Waals surface area contributed by atoms with Crippen LogP contribution in [0.4, 0.5) is 0 Å². The zero-order chi connectivity index (χ0) is 15.8. The minimum absolute atomic E-state index is 0.785. The van der Waals surface area contributed by atoms with Crippen LogP contribution >= 0.6 is 0 Å². The lowest BCUT2D eigenvalue weighted by Gasteiger charge is -2.02. The summed E-state index contributed by atoms with van der Waals surface area (Å²) in [5.41, 5.74) is 0. The molecule has 0 spiro atoms. The molecule has 0 aromatic carbocycles. The quantitative estimate of drug-likeness (QED) is 0.249. The van der Waals surface area contributed by atoms with Gasteiger partial charge in [-0.3, -0.25) is 4.55 Å². The zero-order valence-electron chi connectivity index (χ0n) is 13.4. The molecule has 4 nitrogen and oxygen atoms in total. The van der Waals surface area contributed by atoms with Crippen LogP contribution in [0, 0.1) is 0 Å². The van der Waals surface area contributed by atoms with Crippen molar-refractivity contribution in [2.45, 2.75) is 90.4 Å². The predicted molar refractivity (Wildman–Crippen MR) is 87.5 cm³/mol. The van der Waals surface area contributed by atoms with E-state index in [2.05, 4.69) is 11.1 Å². The van der Waals surface area contributed by atoms with Crippen molar-refractivity contribution in [3.05, 3.63) is 12.3 Å². The minimum Gasteiger partial charge on any atom is -0.370 e. The SMILES string of the molecule is CCCCCCCCCCCCCCC=COS(=O)(=O)O. The molecule has 0 aliphatic rings. The predicted octanol–water partition coefficient (Wildman–Crippen LogP) is 5.41. The standard InChI is InChI=1S/C16H32O4S/c1-2-3-4-5-6-7-8-9-10-11-12-13-14-15-16-20-21(17,18)19/h15-16H,2-14H2,1H3,(H,17,18,19). The van der Waals surface area contributed by atoms with Gasteiger partial charge in [0.25, 0.3) is 0 Å². The molecule has 0 rings (SSSR count). The highest BCUT2D eigenvalue weighted by atomic mass is 32.3. The van der Waals surface area contributed by atoms with E-state index in [1.54, 1.807) is 6.08 Å². The molecule has 0 heterocycles. The largest absolute Gasteiger partial charge is 0.445 e. The van der Waals surface area contributed by atoms with E-state index in [0.29, 0.717) is 0 Å². The Morgan fingerprint density at radius 1 is 0.810 bits per heavy atom. The molecule has 0 unspecified atom stereocenters. The molecule has 0 radical (unpaired) electrons. The lowest BCUT2D eigenvalue weighted by molar-refractivity contribution is 0.355. The summed E-state index contributed by atoms with van der Waals surface area (Å²) in [6, 6.07) is 0. The fourth-order valence-electron chi connectivity index (χ4n) is 2.28. The van der Waals surface area contributed by atoms with Crippen molar-refractivity contribution in [3.63, 3.8) is 0 Å². The van der Waals surface area contributed by atoms with E-state index in [9.17, 15) is 8.42 Å². The van der Waals surface area contributed by atoms with Crippen LogP contribution in [0.15, 0.2) is 12.3 Å². The van der Waals surface area contributed by atoms with Crippen molar-refractivity contribution < 1.29 is 17.2 Å². The molecular formula is C16H32O4S. The van der Waals surface area contributed by atoms with E-state index in [1.807, 2.05) is 0 Å². The average molecular weight is 320 g/mol. The lowest BCUT2D eigenvalue weighted by Crippen LogP contribution is -1.96. The Morgan fingerprint density at radius 3 is 1.67 bits per heavy atom. The van der Waals surface area contributed by atoms with Crippen LogP contribution in [0.25, 0.3) is 0 Å². The maximum absolute atomic E-state index is 10.2. The van der Waals surface area contributed by atoms with Crippen molar-refractivity contribution in [1.29, 1.82) is 0 Å². The van der Waals surface area contributed by atoms with Gasteiger partial charge in [-0.25, -0.2) is 0 Å². The Hall–Kier alpha value is -0.550. The molecule has 0 fully saturated rings. The van der Waals surface area contributed by atoms with Gasteiger partial charge < -0.3 is 4.18 Å². The second-order valence-corrected chi connectivity index (χ2v) is 6.62. The van der Waals surface area contributed by atoms with Crippen molar-refractivity contribution in [2.24, 2.45) is 0 Å². The van der Waals surface area contributed by atoms with Crippen LogP contribution in [-0.2, 0) is 14.6 Å². The second kappa shape index (κ2) is 14.4. The summed E-state index contributed by atoms with van der Waals surface area (Å²) in [5, 5.41) is 0. The minimum atomic E-state index is -4.33. The summed E-state index contributed by atoms with van der Waals surface area (Å²) in [4.78, 5) is 0. The maximum Gasteiger partial charge on any atom is 0.445 e. The second-order valence-electron chi connectivity index (χ2n) is 5.57. The highest BCUT2D eigenvalue weighted by Gasteiger charge is 1.98. The number of unbranched alkanes of at least 4 members (excludes halogenated alkanes) is 12. The third-order valence-electron chi connectivity index (χ3n) is 3.50. The fourth-order valence-corrected chi connectivity index (χ4v) is 2.50. The Labute approximate surface area is 130 Å². The summed E-state index contributed by atoms with van der Waals surface area (Å²) in [6.07, 6.45) is 19.1. The van der Waals surface area contributed by atoms with Gasteiger partial charge in [0.2, 0.25) is 0 Å². The van der Waals surface area contributed by atoms with Crippen LogP contribution in [0.5, 0.6) is 0 Å². The normalized spacial score (nSPS) is 12.1. The molecule has 0 aliphatic carbocycles. The molecule has 0 bridgehead atoms. The zero-order valence-corrected chi connectivity index (χ0v) is 14.2. The molecule has 0 aromatic rings. The van der Waals surface area contributed by atoms with Crippen LogP contribution in [-0.4, -0.2) is 13.0 Å². The Bertz CT molecular complexity index is 336. The lowest BCUT2D eigenvalue weighted by atomic mass is 10.0. The first-order valence-corrected chi connectivity index (χ1v) is 9.73. The van der Waals surface area contributed by atoms with Gasteiger partial charge in [-0.15, -0.1) is 0 Å². The van der Waals surface area contributed by atoms with Gasteiger partial charge in [-0.2, -0.15) is 8.42 Å². The summed E-state index contributed by atoms with van der Waals surface area (Å²) >= 11 is 0. The Morgan fingerprint density at radius 2 is 1.24 bits per heavy atom. The van der Waals surface area contributed by atoms with Crippen molar-refractivity contribution in [1.82, 2.24) is 0 Å². The molecule has 0 saturated carbocycles. The van der Waals surface area contributed by atoms with E-state index < -0.39 is 10.4 Å². The molecule has 0 aromatic heterocycles. The molecule has 0 atom stereocenters. The Balaban J connectivity index is 3.12. The van der Waals surface area contributed by atoms with Crippen molar-refractivity contribution in [2.75, 3.05) is 0 Å². The summed E-state index contributed by atoms with van der Waals surface area (Å²) < 4.78 is 32.9. The number of rotatable bonds is 15. The monoisotopic (exact) mass is 320 g/mol. The average Bonchev–Trinajstić information content (AvgIpc) is 2.42. The highest BCUT2D eigenvalue weighted by molar-refractivity contribution is 7.81. The van der Waals surface area contributed by atoms with E-state index >= 15 is 0 Å². The van der Waals surface area contributed by atoms with Gasteiger partial charge in [0.1, 0.15) is 6.26 Å². The van der Waals surface area contributed by atoms with Crippen LogP contribution < -0.4 is 0 Å². The van der Waals surface area contributed by atoms with Gasteiger partial charge in [0, 0.05) is 0 Å². The first kappa shape index (κ1) is 20.5. The van der Waals surface area contributed by atoms with Gasteiger partial charge in [0.15, 0.2) is 0 Å². The van der Waals surface area contributed by atoms with Gasteiger partial charge >= 0.3 is 10.4 Å².